The van der Waals surface area contributed by atoms with Gasteiger partial charge >= 0.3 is 0 Å². The monoisotopic (exact) mass is 481 g/mol. The van der Waals surface area contributed by atoms with Crippen molar-refractivity contribution < 1.29 is 9.53 Å². The first-order valence-corrected chi connectivity index (χ1v) is 11.0. The van der Waals surface area contributed by atoms with Crippen LogP contribution in [0.15, 0.2) is 79.3 Å². The molecular formula is C27H20ClN5O2. The Labute approximate surface area is 207 Å². The molecule has 0 fully saturated rings. The van der Waals surface area contributed by atoms with Crippen molar-refractivity contribution in [2.24, 2.45) is 7.05 Å². The SMILES string of the molecule is Cn1cncc1C(OCc1ccc(C#N)cc1)c1ccc(C#N)cc1C(=O)Nc1cccc(Cl)c1. The molecule has 4 rings (SSSR count). The molecule has 7 nitrogen and oxygen atoms in total. The Morgan fingerprint density at radius 2 is 1.83 bits per heavy atom. The fourth-order valence-electron chi connectivity index (χ4n) is 3.63. The lowest BCUT2D eigenvalue weighted by Crippen LogP contribution is -2.19. The zero-order valence-electron chi connectivity index (χ0n) is 18.8. The number of anilines is 1. The number of imidazole rings is 1. The summed E-state index contributed by atoms with van der Waals surface area (Å²) in [6.07, 6.45) is 2.69. The number of rotatable bonds is 7. The molecule has 1 aromatic heterocycles. The Hall–Kier alpha value is -4.43. The normalized spacial score (nSPS) is 11.3. The summed E-state index contributed by atoms with van der Waals surface area (Å²) in [5, 5.41) is 21.8. The largest absolute Gasteiger partial charge is 0.362 e. The number of nitrogens with zero attached hydrogens (tertiary/aromatic N) is 4. The molecule has 0 bridgehead atoms. The molecule has 1 atom stereocenters. The topological polar surface area (TPSA) is 104 Å². The summed E-state index contributed by atoms with van der Waals surface area (Å²) < 4.78 is 8.14. The predicted octanol–water partition coefficient (Wildman–Crippen LogP) is 5.38. The first-order chi connectivity index (χ1) is 17.0. The average Bonchev–Trinajstić information content (AvgIpc) is 3.30. The van der Waals surface area contributed by atoms with Gasteiger partial charge in [0.05, 0.1) is 48.1 Å². The van der Waals surface area contributed by atoms with Crippen LogP contribution in [0.2, 0.25) is 5.02 Å². The molecule has 0 aliphatic heterocycles. The van der Waals surface area contributed by atoms with Gasteiger partial charge < -0.3 is 14.6 Å². The molecule has 35 heavy (non-hydrogen) atoms. The van der Waals surface area contributed by atoms with E-state index in [0.717, 1.165) is 11.3 Å². The summed E-state index contributed by atoms with van der Waals surface area (Å²) in [6.45, 7) is 0.233. The third kappa shape index (κ3) is 5.56. The van der Waals surface area contributed by atoms with Gasteiger partial charge in [-0.15, -0.1) is 0 Å². The number of amides is 1. The molecule has 0 aliphatic carbocycles. The summed E-state index contributed by atoms with van der Waals surface area (Å²) in [4.78, 5) is 17.6. The van der Waals surface area contributed by atoms with Crippen molar-refractivity contribution in [3.8, 4) is 12.1 Å². The Morgan fingerprint density at radius 1 is 1.09 bits per heavy atom. The zero-order chi connectivity index (χ0) is 24.8. The molecule has 0 saturated carbocycles. The average molecular weight is 482 g/mol. The van der Waals surface area contributed by atoms with Gasteiger partial charge in [-0.05, 0) is 53.6 Å². The number of halogens is 1. The summed E-state index contributed by atoms with van der Waals surface area (Å²) in [6, 6.07) is 23.0. The number of hydrogen-bond donors (Lipinski definition) is 1. The highest BCUT2D eigenvalue weighted by Gasteiger charge is 2.25. The van der Waals surface area contributed by atoms with Gasteiger partial charge in [0.25, 0.3) is 5.91 Å². The highest BCUT2D eigenvalue weighted by Crippen LogP contribution is 2.31. The van der Waals surface area contributed by atoms with Gasteiger partial charge in [0.15, 0.2) is 0 Å². The van der Waals surface area contributed by atoms with E-state index in [1.54, 1.807) is 67.1 Å². The molecular weight excluding hydrogens is 462 g/mol. The highest BCUT2D eigenvalue weighted by atomic mass is 35.5. The van der Waals surface area contributed by atoms with Gasteiger partial charge in [0, 0.05) is 23.3 Å². The van der Waals surface area contributed by atoms with Gasteiger partial charge in [-0.25, -0.2) is 4.98 Å². The van der Waals surface area contributed by atoms with Crippen molar-refractivity contribution >= 4 is 23.2 Å². The number of benzene rings is 3. The second-order valence-corrected chi connectivity index (χ2v) is 8.24. The lowest BCUT2D eigenvalue weighted by molar-refractivity contribution is 0.0612. The molecule has 4 aromatic rings. The summed E-state index contributed by atoms with van der Waals surface area (Å²) in [5.74, 6) is -0.395. The van der Waals surface area contributed by atoms with Crippen LogP contribution < -0.4 is 5.32 Å². The lowest BCUT2D eigenvalue weighted by atomic mass is 9.97. The fourth-order valence-corrected chi connectivity index (χ4v) is 3.82. The minimum Gasteiger partial charge on any atom is -0.362 e. The standard InChI is InChI=1S/C27H20ClN5O2/c1-33-17-31-15-25(33)26(35-16-19-7-5-18(13-29)6-8-19)23-10-9-20(14-30)11-24(23)27(34)32-22-4-2-3-21(28)12-22/h2-12,15,17,26H,16H2,1H3,(H,32,34). The molecule has 1 heterocycles. The van der Waals surface area contributed by atoms with Crippen molar-refractivity contribution in [1.82, 2.24) is 9.55 Å². The number of carbonyl (C=O) groups excluding carboxylic acids is 1. The molecule has 0 radical (unpaired) electrons. The van der Waals surface area contributed by atoms with E-state index in [0.29, 0.717) is 33.0 Å². The number of hydrogen-bond acceptors (Lipinski definition) is 5. The third-order valence-electron chi connectivity index (χ3n) is 5.41. The molecule has 1 unspecified atom stereocenters. The number of carbonyl (C=O) groups is 1. The number of nitrogens with one attached hydrogen (secondary N) is 1. The molecule has 1 amide bonds. The quantitative estimate of drug-likeness (QED) is 0.382. The van der Waals surface area contributed by atoms with E-state index in [-0.39, 0.29) is 6.61 Å². The Morgan fingerprint density at radius 3 is 2.49 bits per heavy atom. The van der Waals surface area contributed by atoms with Crippen molar-refractivity contribution in [3.05, 3.63) is 118 Å². The Bertz CT molecular complexity index is 1450. The Kier molecular flexibility index (Phi) is 7.23. The molecule has 172 valence electrons. The van der Waals surface area contributed by atoms with Crippen LogP contribution in [0, 0.1) is 22.7 Å². The Balaban J connectivity index is 1.71. The van der Waals surface area contributed by atoms with Crippen LogP contribution in [-0.4, -0.2) is 15.5 Å². The van der Waals surface area contributed by atoms with E-state index in [1.807, 2.05) is 23.7 Å². The van der Waals surface area contributed by atoms with E-state index < -0.39 is 12.0 Å². The predicted molar refractivity (Wildman–Crippen MR) is 132 cm³/mol. The van der Waals surface area contributed by atoms with Gasteiger partial charge in [-0.3, -0.25) is 4.79 Å². The summed E-state index contributed by atoms with van der Waals surface area (Å²) in [5.41, 5.74) is 3.93. The van der Waals surface area contributed by atoms with E-state index in [2.05, 4.69) is 22.4 Å². The van der Waals surface area contributed by atoms with Crippen LogP contribution in [-0.2, 0) is 18.4 Å². The molecule has 3 aromatic carbocycles. The lowest BCUT2D eigenvalue weighted by Gasteiger charge is -2.22. The summed E-state index contributed by atoms with van der Waals surface area (Å²) >= 11 is 6.07. The molecule has 8 heteroatoms. The smallest absolute Gasteiger partial charge is 0.256 e. The van der Waals surface area contributed by atoms with Crippen LogP contribution in [0.5, 0.6) is 0 Å². The van der Waals surface area contributed by atoms with Crippen molar-refractivity contribution in [1.29, 1.82) is 10.5 Å². The maximum atomic E-state index is 13.3. The zero-order valence-corrected chi connectivity index (χ0v) is 19.5. The maximum Gasteiger partial charge on any atom is 0.256 e. The van der Waals surface area contributed by atoms with E-state index in [4.69, 9.17) is 21.6 Å². The van der Waals surface area contributed by atoms with Crippen LogP contribution in [0.1, 0.15) is 44.4 Å². The van der Waals surface area contributed by atoms with Crippen molar-refractivity contribution in [2.45, 2.75) is 12.7 Å². The minimum atomic E-state index is -0.647. The second-order valence-electron chi connectivity index (χ2n) is 7.81. The van der Waals surface area contributed by atoms with Crippen molar-refractivity contribution in [3.63, 3.8) is 0 Å². The van der Waals surface area contributed by atoms with Gasteiger partial charge in [0.2, 0.25) is 0 Å². The van der Waals surface area contributed by atoms with Crippen molar-refractivity contribution in [2.75, 3.05) is 5.32 Å². The maximum absolute atomic E-state index is 13.3. The molecule has 0 spiro atoms. The molecule has 0 saturated heterocycles. The van der Waals surface area contributed by atoms with Crippen LogP contribution in [0.25, 0.3) is 0 Å². The van der Waals surface area contributed by atoms with Gasteiger partial charge in [-0.2, -0.15) is 10.5 Å². The van der Waals surface area contributed by atoms with Gasteiger partial charge in [-0.1, -0.05) is 35.9 Å². The minimum absolute atomic E-state index is 0.233. The van der Waals surface area contributed by atoms with Crippen LogP contribution in [0.3, 0.4) is 0 Å². The highest BCUT2D eigenvalue weighted by molar-refractivity contribution is 6.31. The van der Waals surface area contributed by atoms with E-state index in [1.165, 1.54) is 0 Å². The number of nitriles is 2. The second kappa shape index (κ2) is 10.7. The first-order valence-electron chi connectivity index (χ1n) is 10.7. The first kappa shape index (κ1) is 23.7. The summed E-state index contributed by atoms with van der Waals surface area (Å²) in [7, 11) is 1.84. The van der Waals surface area contributed by atoms with E-state index in [9.17, 15) is 10.1 Å². The third-order valence-corrected chi connectivity index (χ3v) is 5.65. The van der Waals surface area contributed by atoms with Gasteiger partial charge in [0.1, 0.15) is 6.10 Å². The van der Waals surface area contributed by atoms with Crippen LogP contribution in [0.4, 0.5) is 5.69 Å². The molecule has 1 N–H and O–H groups in total. The number of ether oxygens (including phenoxy) is 1. The van der Waals surface area contributed by atoms with Crippen LogP contribution >= 0.6 is 11.6 Å². The fraction of sp³-hybridized carbons (Fsp3) is 0.111. The molecule has 0 aliphatic rings. The number of aryl methyl sites for hydroxylation is 1. The van der Waals surface area contributed by atoms with E-state index >= 15 is 0 Å². The number of aromatic nitrogens is 2.